The zero-order valence-corrected chi connectivity index (χ0v) is 46.4. The van der Waals surface area contributed by atoms with E-state index in [1.165, 1.54) is 180 Å². The molecule has 0 bridgehead atoms. The monoisotopic (exact) mass is 1010 g/mol. The molecule has 1 amide bonds. The van der Waals surface area contributed by atoms with E-state index in [1.54, 1.807) is 6.08 Å². The molecule has 1 aliphatic rings. The number of aliphatic hydroxyl groups excluding tert-OH is 5. The second kappa shape index (κ2) is 52.1. The van der Waals surface area contributed by atoms with Gasteiger partial charge < -0.3 is 40.3 Å². The predicted molar refractivity (Wildman–Crippen MR) is 304 cm³/mol. The van der Waals surface area contributed by atoms with E-state index >= 15 is 0 Å². The van der Waals surface area contributed by atoms with Gasteiger partial charge in [-0.2, -0.15) is 0 Å². The van der Waals surface area contributed by atoms with E-state index in [2.05, 4.69) is 79.9 Å². The fourth-order valence-corrected chi connectivity index (χ4v) is 9.28. The summed E-state index contributed by atoms with van der Waals surface area (Å²) in [5, 5.41) is 54.5. The van der Waals surface area contributed by atoms with Gasteiger partial charge in [-0.3, -0.25) is 4.79 Å². The molecule has 1 aliphatic heterocycles. The van der Waals surface area contributed by atoms with Crippen molar-refractivity contribution in [2.75, 3.05) is 13.2 Å². The van der Waals surface area contributed by atoms with E-state index in [0.29, 0.717) is 6.42 Å². The third-order valence-electron chi connectivity index (χ3n) is 14.0. The van der Waals surface area contributed by atoms with Crippen LogP contribution in [0.3, 0.4) is 0 Å². The summed E-state index contributed by atoms with van der Waals surface area (Å²) in [6.45, 7) is 3.66. The highest BCUT2D eigenvalue weighted by Gasteiger charge is 2.44. The van der Waals surface area contributed by atoms with E-state index in [4.69, 9.17) is 9.47 Å². The summed E-state index contributed by atoms with van der Waals surface area (Å²) in [4.78, 5) is 13.1. The van der Waals surface area contributed by atoms with Crippen LogP contribution in [-0.4, -0.2) is 87.5 Å². The average Bonchev–Trinajstić information content (AvgIpc) is 3.38. The molecule has 1 rings (SSSR count). The maximum atomic E-state index is 13.1. The number of amides is 1. The van der Waals surface area contributed by atoms with E-state index in [-0.39, 0.29) is 12.5 Å². The summed E-state index contributed by atoms with van der Waals surface area (Å²) in [6, 6.07) is -0.823. The van der Waals surface area contributed by atoms with Gasteiger partial charge >= 0.3 is 0 Å². The van der Waals surface area contributed by atoms with Crippen molar-refractivity contribution in [1.29, 1.82) is 0 Å². The zero-order valence-electron chi connectivity index (χ0n) is 46.4. The van der Waals surface area contributed by atoms with Gasteiger partial charge in [0.1, 0.15) is 24.4 Å². The number of nitrogens with one attached hydrogen (secondary N) is 1. The van der Waals surface area contributed by atoms with Crippen LogP contribution in [0.15, 0.2) is 72.9 Å². The highest BCUT2D eigenvalue weighted by Crippen LogP contribution is 2.23. The van der Waals surface area contributed by atoms with Gasteiger partial charge in [0, 0.05) is 6.42 Å². The second-order valence-electron chi connectivity index (χ2n) is 20.8. The van der Waals surface area contributed by atoms with Crippen LogP contribution in [0, 0.1) is 0 Å². The Morgan fingerprint density at radius 2 is 0.875 bits per heavy atom. The average molecular weight is 1010 g/mol. The molecule has 0 radical (unpaired) electrons. The lowest BCUT2D eigenvalue weighted by molar-refractivity contribution is -0.302. The molecule has 9 heteroatoms. The van der Waals surface area contributed by atoms with Crippen molar-refractivity contribution >= 4 is 5.91 Å². The number of rotatable bonds is 51. The van der Waals surface area contributed by atoms with Crippen LogP contribution in [-0.2, 0) is 14.3 Å². The number of carbonyl (C=O) groups excluding carboxylic acids is 1. The van der Waals surface area contributed by atoms with Gasteiger partial charge in [-0.05, 0) is 70.6 Å². The number of hydrogen-bond acceptors (Lipinski definition) is 8. The van der Waals surface area contributed by atoms with Gasteiger partial charge in [0.2, 0.25) is 5.91 Å². The van der Waals surface area contributed by atoms with Gasteiger partial charge in [-0.25, -0.2) is 0 Å². The molecule has 7 unspecified atom stereocenters. The molecule has 1 heterocycles. The number of hydrogen-bond donors (Lipinski definition) is 6. The molecule has 6 N–H and O–H groups in total. The first kappa shape index (κ1) is 67.6. The van der Waals surface area contributed by atoms with Crippen LogP contribution in [0.25, 0.3) is 0 Å². The molecular formula is C63H113NO8. The molecule has 0 saturated carbocycles. The number of ether oxygens (including phenoxy) is 2. The number of unbranched alkanes of at least 4 members (excludes halogenated alkanes) is 31. The lowest BCUT2D eigenvalue weighted by atomic mass is 9.99. The Balaban J connectivity index is 2.14. The first-order chi connectivity index (χ1) is 35.3. The normalized spacial score (nSPS) is 19.7. The summed E-state index contributed by atoms with van der Waals surface area (Å²) in [5.41, 5.74) is 0. The van der Waals surface area contributed by atoms with Crippen LogP contribution < -0.4 is 5.32 Å². The van der Waals surface area contributed by atoms with Gasteiger partial charge in [-0.1, -0.05) is 260 Å². The Labute approximate surface area is 442 Å². The minimum absolute atomic E-state index is 0.185. The van der Waals surface area contributed by atoms with Crippen molar-refractivity contribution in [3.63, 3.8) is 0 Å². The molecule has 7 atom stereocenters. The fraction of sp³-hybridized carbons (Fsp3) is 0.794. The molecular weight excluding hydrogens is 899 g/mol. The van der Waals surface area contributed by atoms with Crippen molar-refractivity contribution in [3.05, 3.63) is 72.9 Å². The zero-order chi connectivity index (χ0) is 52.2. The van der Waals surface area contributed by atoms with Crippen molar-refractivity contribution < 1.29 is 39.8 Å². The number of allylic oxidation sites excluding steroid dienone is 11. The summed E-state index contributed by atoms with van der Waals surface area (Å²) >= 11 is 0. The maximum Gasteiger partial charge on any atom is 0.220 e. The van der Waals surface area contributed by atoms with Gasteiger partial charge in [0.05, 0.1) is 25.4 Å². The lowest BCUT2D eigenvalue weighted by Gasteiger charge is -2.40. The van der Waals surface area contributed by atoms with Crippen LogP contribution in [0.4, 0.5) is 0 Å². The first-order valence-corrected chi connectivity index (χ1v) is 30.2. The molecule has 72 heavy (non-hydrogen) atoms. The van der Waals surface area contributed by atoms with Crippen molar-refractivity contribution in [2.24, 2.45) is 0 Å². The third kappa shape index (κ3) is 40.9. The summed E-state index contributed by atoms with van der Waals surface area (Å²) in [5.74, 6) is -0.185. The molecule has 0 aromatic heterocycles. The van der Waals surface area contributed by atoms with E-state index in [0.717, 1.165) is 64.2 Å². The Hall–Kier alpha value is -2.37. The molecule has 0 aliphatic carbocycles. The summed E-state index contributed by atoms with van der Waals surface area (Å²) < 4.78 is 11.3. The molecule has 1 saturated heterocycles. The highest BCUT2D eigenvalue weighted by atomic mass is 16.7. The number of aliphatic hydroxyl groups is 5. The molecule has 0 spiro atoms. The Morgan fingerprint density at radius 3 is 1.33 bits per heavy atom. The van der Waals surface area contributed by atoms with Crippen LogP contribution in [0.1, 0.15) is 264 Å². The van der Waals surface area contributed by atoms with E-state index in [9.17, 15) is 30.3 Å². The molecule has 1 fully saturated rings. The molecule has 9 nitrogen and oxygen atoms in total. The highest BCUT2D eigenvalue weighted by molar-refractivity contribution is 5.76. The van der Waals surface area contributed by atoms with Gasteiger partial charge in [0.25, 0.3) is 0 Å². The second-order valence-corrected chi connectivity index (χ2v) is 20.8. The van der Waals surface area contributed by atoms with Gasteiger partial charge in [-0.15, -0.1) is 0 Å². The van der Waals surface area contributed by atoms with Crippen molar-refractivity contribution in [2.45, 2.75) is 307 Å². The van der Waals surface area contributed by atoms with Crippen molar-refractivity contribution in [1.82, 2.24) is 5.32 Å². The first-order valence-electron chi connectivity index (χ1n) is 30.2. The quantitative estimate of drug-likeness (QED) is 0.0261. The SMILES string of the molecule is CC/C=C\C/C=C\C/C=C\C/C=C\CCCCCCCCCCCCCCCCCCCCCCC(=O)NC(COC1OC(CO)C(O)C(O)C1O)C(O)/C=C/CC/C=C/CCCCCCCCCCCC. The van der Waals surface area contributed by atoms with Crippen LogP contribution in [0.5, 0.6) is 0 Å². The maximum absolute atomic E-state index is 13.1. The topological polar surface area (TPSA) is 149 Å². The smallest absolute Gasteiger partial charge is 0.220 e. The molecule has 0 aromatic carbocycles. The van der Waals surface area contributed by atoms with Crippen LogP contribution in [0.2, 0.25) is 0 Å². The minimum Gasteiger partial charge on any atom is -0.394 e. The predicted octanol–water partition coefficient (Wildman–Crippen LogP) is 15.2. The largest absolute Gasteiger partial charge is 0.394 e. The minimum atomic E-state index is -1.57. The standard InChI is InChI=1S/C63H113NO8/c1-3-5-7-9-11-13-15-17-19-21-22-23-24-25-26-27-28-29-30-31-32-33-34-35-36-37-39-41-43-45-47-49-51-53-59(67)64-56(55-71-63-62(70)61(69)60(68)58(54-65)72-63)57(66)52-50-48-46-44-42-40-38-20-18-16-14-12-10-8-6-4-2/h5,7,11,13,17,19,22-23,42,44,50,52,56-58,60-63,65-66,68-70H,3-4,6,8-10,12,14-16,18,20-21,24-41,43,45-49,51,53-55H2,1-2H3,(H,64,67)/b7-5-,13-11-,19-17-,23-22-,44-42+,52-50+. The molecule has 418 valence electrons. The fourth-order valence-electron chi connectivity index (χ4n) is 9.28. The van der Waals surface area contributed by atoms with Crippen LogP contribution >= 0.6 is 0 Å². The Bertz CT molecular complexity index is 1360. The summed E-state index contributed by atoms with van der Waals surface area (Å²) in [7, 11) is 0. The van der Waals surface area contributed by atoms with E-state index < -0.39 is 49.5 Å². The van der Waals surface area contributed by atoms with Gasteiger partial charge in [0.15, 0.2) is 6.29 Å². The van der Waals surface area contributed by atoms with Crippen molar-refractivity contribution in [3.8, 4) is 0 Å². The van der Waals surface area contributed by atoms with E-state index in [1.807, 2.05) is 6.08 Å². The lowest BCUT2D eigenvalue weighted by Crippen LogP contribution is -2.60. The Kier molecular flexibility index (Phi) is 48.9. The Morgan fingerprint density at radius 1 is 0.486 bits per heavy atom. The third-order valence-corrected chi connectivity index (χ3v) is 14.0. The number of carbonyl (C=O) groups is 1. The summed E-state index contributed by atoms with van der Waals surface area (Å²) in [6.07, 6.45) is 65.6. The molecule has 0 aromatic rings.